The van der Waals surface area contributed by atoms with Crippen LogP contribution in [0.25, 0.3) is 0 Å². The maximum absolute atomic E-state index is 4.00. The third kappa shape index (κ3) is 1.30. The van der Waals surface area contributed by atoms with Crippen LogP contribution in [0.5, 0.6) is 0 Å². The van der Waals surface area contributed by atoms with E-state index in [0.717, 1.165) is 0 Å². The van der Waals surface area contributed by atoms with E-state index < -0.39 is 0 Å². The topological polar surface area (TPSA) is 0 Å². The molecule has 0 aromatic heterocycles. The van der Waals surface area contributed by atoms with Gasteiger partial charge < -0.3 is 0 Å². The molecule has 0 unspecified atom stereocenters. The van der Waals surface area contributed by atoms with E-state index >= 15 is 0 Å². The maximum atomic E-state index is 4.00. The summed E-state index contributed by atoms with van der Waals surface area (Å²) in [5, 5.41) is 0. The molecule has 2 aliphatic carbocycles. The van der Waals surface area contributed by atoms with Crippen molar-refractivity contribution in [2.24, 2.45) is 0 Å². The molecule has 58 valence electrons. The molecule has 0 fully saturated rings. The molecular formula is C11H14. The predicted octanol–water partition coefficient (Wildman–Crippen LogP) is 3.37. The lowest BCUT2D eigenvalue weighted by atomic mass is 9.84. The molecule has 0 saturated heterocycles. The van der Waals surface area contributed by atoms with Crippen LogP contribution in [0.1, 0.15) is 32.1 Å². The van der Waals surface area contributed by atoms with Crippen molar-refractivity contribution in [3.63, 3.8) is 0 Å². The summed E-state index contributed by atoms with van der Waals surface area (Å²) >= 11 is 0. The lowest BCUT2D eigenvalue weighted by molar-refractivity contribution is 0.757. The van der Waals surface area contributed by atoms with Crippen molar-refractivity contribution in [3.8, 4) is 0 Å². The van der Waals surface area contributed by atoms with Crippen LogP contribution in [0.4, 0.5) is 0 Å². The summed E-state index contributed by atoms with van der Waals surface area (Å²) in [5.74, 6) is 0. The standard InChI is InChI=1S/C11H14/c1-9-6-7-10-4-2-3-5-11(10)8-9/h4,8H,1-3,5-7H2. The molecule has 0 aromatic carbocycles. The molecule has 0 saturated carbocycles. The van der Waals surface area contributed by atoms with E-state index in [1.807, 2.05) is 0 Å². The third-order valence-corrected chi connectivity index (χ3v) is 2.55. The number of fused-ring (bicyclic) bond motifs is 1. The van der Waals surface area contributed by atoms with Crippen molar-refractivity contribution in [1.82, 2.24) is 0 Å². The van der Waals surface area contributed by atoms with Crippen molar-refractivity contribution >= 4 is 0 Å². The smallest absolute Gasteiger partial charge is 0.0239 e. The van der Waals surface area contributed by atoms with Gasteiger partial charge in [-0.05, 0) is 43.3 Å². The number of hydrogen-bond acceptors (Lipinski definition) is 0. The Labute approximate surface area is 68.3 Å². The quantitative estimate of drug-likeness (QED) is 0.491. The predicted molar refractivity (Wildman–Crippen MR) is 48.4 cm³/mol. The zero-order valence-electron chi connectivity index (χ0n) is 6.90. The van der Waals surface area contributed by atoms with Gasteiger partial charge in [0.05, 0.1) is 0 Å². The van der Waals surface area contributed by atoms with Gasteiger partial charge in [0, 0.05) is 0 Å². The van der Waals surface area contributed by atoms with Crippen LogP contribution < -0.4 is 0 Å². The Morgan fingerprint density at radius 1 is 1.09 bits per heavy atom. The summed E-state index contributed by atoms with van der Waals surface area (Å²) in [7, 11) is 0. The molecule has 2 aliphatic rings. The maximum Gasteiger partial charge on any atom is -0.0239 e. The first-order valence-electron chi connectivity index (χ1n) is 4.44. The molecule has 0 N–H and O–H groups in total. The summed E-state index contributed by atoms with van der Waals surface area (Å²) in [5.41, 5.74) is 4.48. The van der Waals surface area contributed by atoms with E-state index in [9.17, 15) is 0 Å². The Morgan fingerprint density at radius 3 is 2.91 bits per heavy atom. The summed E-state index contributed by atoms with van der Waals surface area (Å²) < 4.78 is 0. The second-order valence-electron chi connectivity index (χ2n) is 3.45. The molecule has 0 nitrogen and oxygen atoms in total. The third-order valence-electron chi connectivity index (χ3n) is 2.55. The minimum absolute atomic E-state index is 1.18. The highest BCUT2D eigenvalue weighted by Crippen LogP contribution is 2.33. The van der Waals surface area contributed by atoms with E-state index in [1.54, 1.807) is 11.1 Å². The van der Waals surface area contributed by atoms with Crippen LogP contribution >= 0.6 is 0 Å². The summed E-state index contributed by atoms with van der Waals surface area (Å²) in [6.07, 6.45) is 11.0. The summed E-state index contributed by atoms with van der Waals surface area (Å²) in [6, 6.07) is 0. The summed E-state index contributed by atoms with van der Waals surface area (Å²) in [4.78, 5) is 0. The molecule has 0 radical (unpaired) electrons. The molecule has 0 bridgehead atoms. The van der Waals surface area contributed by atoms with E-state index in [4.69, 9.17) is 0 Å². The van der Waals surface area contributed by atoms with Crippen LogP contribution in [0.15, 0.2) is 35.5 Å². The minimum Gasteiger partial charge on any atom is -0.0958 e. The van der Waals surface area contributed by atoms with Crippen molar-refractivity contribution in [2.75, 3.05) is 0 Å². The SMILES string of the molecule is C=C1C=C2CCCC=C2CC1. The molecule has 0 aliphatic heterocycles. The van der Waals surface area contributed by atoms with Crippen molar-refractivity contribution in [1.29, 1.82) is 0 Å². The van der Waals surface area contributed by atoms with Gasteiger partial charge in [-0.25, -0.2) is 0 Å². The molecule has 0 heteroatoms. The zero-order valence-corrected chi connectivity index (χ0v) is 6.90. The van der Waals surface area contributed by atoms with Crippen molar-refractivity contribution < 1.29 is 0 Å². The fraction of sp³-hybridized carbons (Fsp3) is 0.455. The molecule has 0 atom stereocenters. The first-order valence-corrected chi connectivity index (χ1v) is 4.44. The van der Waals surface area contributed by atoms with Crippen molar-refractivity contribution in [3.05, 3.63) is 35.5 Å². The molecule has 0 spiro atoms. The first-order chi connectivity index (χ1) is 5.36. The monoisotopic (exact) mass is 146 g/mol. The van der Waals surface area contributed by atoms with Crippen LogP contribution in [-0.4, -0.2) is 0 Å². The molecular weight excluding hydrogens is 132 g/mol. The Morgan fingerprint density at radius 2 is 2.00 bits per heavy atom. The average molecular weight is 146 g/mol. The number of allylic oxidation sites excluding steroid dienone is 5. The number of rotatable bonds is 0. The second kappa shape index (κ2) is 2.69. The van der Waals surface area contributed by atoms with Crippen LogP contribution in [-0.2, 0) is 0 Å². The Balaban J connectivity index is 2.32. The fourth-order valence-electron chi connectivity index (χ4n) is 1.90. The van der Waals surface area contributed by atoms with Gasteiger partial charge in [0.1, 0.15) is 0 Å². The highest BCUT2D eigenvalue weighted by atomic mass is 14.2. The lowest BCUT2D eigenvalue weighted by Gasteiger charge is -2.21. The van der Waals surface area contributed by atoms with Crippen LogP contribution in [0.3, 0.4) is 0 Å². The van der Waals surface area contributed by atoms with E-state index in [-0.39, 0.29) is 0 Å². The van der Waals surface area contributed by atoms with Crippen LogP contribution in [0, 0.1) is 0 Å². The van der Waals surface area contributed by atoms with Gasteiger partial charge in [0.2, 0.25) is 0 Å². The Kier molecular flexibility index (Phi) is 1.69. The van der Waals surface area contributed by atoms with Gasteiger partial charge in [-0.15, -0.1) is 0 Å². The second-order valence-corrected chi connectivity index (χ2v) is 3.45. The molecule has 0 amide bonds. The molecule has 0 heterocycles. The molecule has 11 heavy (non-hydrogen) atoms. The summed E-state index contributed by atoms with van der Waals surface area (Å²) in [6.45, 7) is 4.00. The first kappa shape index (κ1) is 6.90. The zero-order chi connectivity index (χ0) is 7.68. The minimum atomic E-state index is 1.18. The molecule has 2 rings (SSSR count). The van der Waals surface area contributed by atoms with E-state index in [1.165, 1.54) is 37.7 Å². The van der Waals surface area contributed by atoms with Gasteiger partial charge in [-0.3, -0.25) is 0 Å². The Bertz CT molecular complexity index is 241. The highest BCUT2D eigenvalue weighted by Gasteiger charge is 2.13. The van der Waals surface area contributed by atoms with E-state index in [0.29, 0.717) is 0 Å². The van der Waals surface area contributed by atoms with Crippen molar-refractivity contribution in [2.45, 2.75) is 32.1 Å². The van der Waals surface area contributed by atoms with Crippen LogP contribution in [0.2, 0.25) is 0 Å². The van der Waals surface area contributed by atoms with E-state index in [2.05, 4.69) is 18.7 Å². The van der Waals surface area contributed by atoms with Gasteiger partial charge in [-0.2, -0.15) is 0 Å². The average Bonchev–Trinajstić information content (AvgIpc) is 2.04. The molecule has 0 aromatic rings. The normalized spacial score (nSPS) is 23.8. The van der Waals surface area contributed by atoms with Gasteiger partial charge in [-0.1, -0.05) is 24.3 Å². The van der Waals surface area contributed by atoms with Gasteiger partial charge >= 0.3 is 0 Å². The highest BCUT2D eigenvalue weighted by molar-refractivity contribution is 5.42. The van der Waals surface area contributed by atoms with Gasteiger partial charge in [0.15, 0.2) is 0 Å². The van der Waals surface area contributed by atoms with Gasteiger partial charge in [0.25, 0.3) is 0 Å². The Hall–Kier alpha value is -0.780. The lowest BCUT2D eigenvalue weighted by Crippen LogP contribution is -2.02. The fourth-order valence-corrected chi connectivity index (χ4v) is 1.90. The number of hydrogen-bond donors (Lipinski definition) is 0. The largest absolute Gasteiger partial charge is 0.0958 e.